The molecule has 0 N–H and O–H groups in total. The Morgan fingerprint density at radius 3 is 2.51 bits per heavy atom. The van der Waals surface area contributed by atoms with Crippen LogP contribution in [0.25, 0.3) is 22.0 Å². The van der Waals surface area contributed by atoms with E-state index in [1.54, 1.807) is 45.4 Å². The molecule has 7 nitrogen and oxygen atoms in total. The van der Waals surface area contributed by atoms with Gasteiger partial charge in [0.2, 0.25) is 11.8 Å². The molecular formula is C24H21ClF3N5O2. The van der Waals surface area contributed by atoms with Crippen LogP contribution in [0.2, 0.25) is 5.15 Å². The van der Waals surface area contributed by atoms with Crippen molar-refractivity contribution >= 4 is 28.4 Å². The maximum Gasteiger partial charge on any atom is 0.434 e. The number of hydrogen-bond acceptors (Lipinski definition) is 5. The number of likely N-dealkylation sites (N-methyl/N-ethyl adjacent to an activating group) is 1. The minimum absolute atomic E-state index is 0.0816. The average molecular weight is 504 g/mol. The molecule has 35 heavy (non-hydrogen) atoms. The predicted octanol–water partition coefficient (Wildman–Crippen LogP) is 5.92. The molecule has 1 unspecified atom stereocenters. The van der Waals surface area contributed by atoms with E-state index in [1.165, 1.54) is 4.90 Å². The van der Waals surface area contributed by atoms with Gasteiger partial charge >= 0.3 is 6.18 Å². The number of rotatable bonds is 5. The van der Waals surface area contributed by atoms with E-state index in [1.807, 2.05) is 23.8 Å². The molecule has 3 aromatic heterocycles. The van der Waals surface area contributed by atoms with E-state index in [2.05, 4.69) is 15.0 Å². The lowest BCUT2D eigenvalue weighted by molar-refractivity contribution is -0.141. The van der Waals surface area contributed by atoms with Crippen molar-refractivity contribution in [1.82, 2.24) is 24.4 Å². The van der Waals surface area contributed by atoms with E-state index in [0.29, 0.717) is 17.3 Å². The zero-order chi connectivity index (χ0) is 25.5. The Morgan fingerprint density at radius 1 is 1.14 bits per heavy atom. The lowest BCUT2D eigenvalue weighted by atomic mass is 10.0. The first-order chi connectivity index (χ1) is 16.5. The van der Waals surface area contributed by atoms with E-state index in [-0.39, 0.29) is 16.9 Å². The predicted molar refractivity (Wildman–Crippen MR) is 125 cm³/mol. The van der Waals surface area contributed by atoms with Crippen LogP contribution in [0.4, 0.5) is 13.2 Å². The van der Waals surface area contributed by atoms with E-state index < -0.39 is 17.9 Å². The molecule has 0 aliphatic carbocycles. The number of amides is 1. The Balaban J connectivity index is 1.77. The molecule has 0 saturated heterocycles. The Labute approximate surface area is 204 Å². The molecule has 0 aliphatic rings. The summed E-state index contributed by atoms with van der Waals surface area (Å²) >= 11 is 6.47. The molecule has 182 valence electrons. The number of pyridine rings is 1. The SMILES string of the molecule is Cc1cc(Oc2cnc(C(F)(F)F)cn2)cc(-c2cn(C(C)C(=O)N(C)C)c3ccnc(Cl)c23)c1. The fraction of sp³-hybridized carbons (Fsp3) is 0.250. The summed E-state index contributed by atoms with van der Waals surface area (Å²) in [6.07, 6.45) is 0.363. The third kappa shape index (κ3) is 4.93. The van der Waals surface area contributed by atoms with Gasteiger partial charge < -0.3 is 14.2 Å². The second-order valence-corrected chi connectivity index (χ2v) is 8.59. The molecule has 3 heterocycles. The highest BCUT2D eigenvalue weighted by molar-refractivity contribution is 6.35. The van der Waals surface area contributed by atoms with E-state index in [9.17, 15) is 18.0 Å². The minimum Gasteiger partial charge on any atom is -0.437 e. The van der Waals surface area contributed by atoms with E-state index in [0.717, 1.165) is 28.4 Å². The third-order valence-electron chi connectivity index (χ3n) is 5.42. The number of carbonyl (C=O) groups excluding carboxylic acids is 1. The number of nitrogens with zero attached hydrogens (tertiary/aromatic N) is 5. The van der Waals surface area contributed by atoms with Crippen LogP contribution >= 0.6 is 11.6 Å². The van der Waals surface area contributed by atoms with Gasteiger partial charge in [0.25, 0.3) is 0 Å². The van der Waals surface area contributed by atoms with Crippen LogP contribution in [-0.4, -0.2) is 44.4 Å². The summed E-state index contributed by atoms with van der Waals surface area (Å²) in [7, 11) is 3.38. The summed E-state index contributed by atoms with van der Waals surface area (Å²) < 4.78 is 45.8. The van der Waals surface area contributed by atoms with Gasteiger partial charge in [-0.1, -0.05) is 17.7 Å². The molecule has 1 aromatic carbocycles. The fourth-order valence-corrected chi connectivity index (χ4v) is 4.05. The summed E-state index contributed by atoms with van der Waals surface area (Å²) in [5, 5.41) is 0.941. The van der Waals surface area contributed by atoms with Gasteiger partial charge in [-0.2, -0.15) is 13.2 Å². The smallest absolute Gasteiger partial charge is 0.434 e. The second-order valence-electron chi connectivity index (χ2n) is 8.23. The lowest BCUT2D eigenvalue weighted by Gasteiger charge is -2.19. The monoisotopic (exact) mass is 503 g/mol. The lowest BCUT2D eigenvalue weighted by Crippen LogP contribution is -2.29. The van der Waals surface area contributed by atoms with Crippen molar-refractivity contribution in [2.24, 2.45) is 0 Å². The van der Waals surface area contributed by atoms with Crippen molar-refractivity contribution < 1.29 is 22.7 Å². The third-order valence-corrected chi connectivity index (χ3v) is 5.70. The molecule has 11 heteroatoms. The van der Waals surface area contributed by atoms with Crippen molar-refractivity contribution in [3.8, 4) is 22.8 Å². The van der Waals surface area contributed by atoms with Crippen LogP contribution < -0.4 is 4.74 Å². The van der Waals surface area contributed by atoms with Crippen LogP contribution in [0.3, 0.4) is 0 Å². The number of halogens is 4. The molecule has 1 amide bonds. The first-order valence-electron chi connectivity index (χ1n) is 10.5. The molecule has 0 radical (unpaired) electrons. The van der Waals surface area contributed by atoms with Crippen molar-refractivity contribution in [1.29, 1.82) is 0 Å². The molecule has 0 saturated carbocycles. The Bertz CT molecular complexity index is 1400. The van der Waals surface area contributed by atoms with Gasteiger partial charge in [0.05, 0.1) is 17.9 Å². The van der Waals surface area contributed by atoms with Gasteiger partial charge in [0.15, 0.2) is 5.69 Å². The Hall–Kier alpha value is -3.66. The van der Waals surface area contributed by atoms with Crippen molar-refractivity contribution in [2.75, 3.05) is 14.1 Å². The molecular weight excluding hydrogens is 483 g/mol. The summed E-state index contributed by atoms with van der Waals surface area (Å²) in [4.78, 5) is 25.5. The van der Waals surface area contributed by atoms with E-state index >= 15 is 0 Å². The Kier molecular flexibility index (Phi) is 6.42. The van der Waals surface area contributed by atoms with Crippen LogP contribution in [0.1, 0.15) is 24.2 Å². The number of benzene rings is 1. The zero-order valence-electron chi connectivity index (χ0n) is 19.3. The fourth-order valence-electron chi connectivity index (χ4n) is 3.79. The normalized spacial score (nSPS) is 12.6. The van der Waals surface area contributed by atoms with Crippen LogP contribution in [0.5, 0.6) is 11.6 Å². The van der Waals surface area contributed by atoms with Crippen molar-refractivity contribution in [2.45, 2.75) is 26.1 Å². The number of hydrogen-bond donors (Lipinski definition) is 0. The summed E-state index contributed by atoms with van der Waals surface area (Å²) in [6, 6.07) is 6.64. The van der Waals surface area contributed by atoms with Gasteiger partial charge in [-0.3, -0.25) is 4.79 Å². The average Bonchev–Trinajstić information content (AvgIpc) is 3.18. The number of ether oxygens (including phenoxy) is 1. The first kappa shape index (κ1) is 24.5. The molecule has 1 atom stereocenters. The van der Waals surface area contributed by atoms with Gasteiger partial charge in [-0.05, 0) is 43.2 Å². The highest BCUT2D eigenvalue weighted by Crippen LogP contribution is 2.38. The maximum absolute atomic E-state index is 12.8. The molecule has 0 aliphatic heterocycles. The number of aryl methyl sites for hydroxylation is 1. The number of alkyl halides is 3. The van der Waals surface area contributed by atoms with Crippen molar-refractivity contribution in [3.05, 3.63) is 65.5 Å². The topological polar surface area (TPSA) is 73.1 Å². The van der Waals surface area contributed by atoms with Crippen LogP contribution in [-0.2, 0) is 11.0 Å². The van der Waals surface area contributed by atoms with Gasteiger partial charge in [0, 0.05) is 37.4 Å². The largest absolute Gasteiger partial charge is 0.437 e. The van der Waals surface area contributed by atoms with Gasteiger partial charge in [0.1, 0.15) is 16.9 Å². The maximum atomic E-state index is 12.8. The van der Waals surface area contributed by atoms with Gasteiger partial charge in [-0.25, -0.2) is 15.0 Å². The highest BCUT2D eigenvalue weighted by atomic mass is 35.5. The molecule has 0 bridgehead atoms. The summed E-state index contributed by atoms with van der Waals surface area (Å²) in [5.74, 6) is 0.185. The van der Waals surface area contributed by atoms with Gasteiger partial charge in [-0.15, -0.1) is 0 Å². The number of aromatic nitrogens is 4. The standard InChI is InChI=1S/C24H21ClF3N5O2/c1-13-7-15(9-16(8-13)35-20-11-30-19(10-31-20)24(26,27)28)17-12-33(14(2)23(34)32(3)4)18-5-6-29-22(25)21(17)18/h5-12,14H,1-4H3. The van der Waals surface area contributed by atoms with Crippen LogP contribution in [0.15, 0.2) is 49.1 Å². The molecule has 4 aromatic rings. The minimum atomic E-state index is -4.59. The summed E-state index contributed by atoms with van der Waals surface area (Å²) in [5.41, 5.74) is 1.91. The zero-order valence-corrected chi connectivity index (χ0v) is 20.0. The van der Waals surface area contributed by atoms with Crippen molar-refractivity contribution in [3.63, 3.8) is 0 Å². The number of carbonyl (C=O) groups is 1. The first-order valence-corrected chi connectivity index (χ1v) is 10.9. The van der Waals surface area contributed by atoms with E-state index in [4.69, 9.17) is 16.3 Å². The number of fused-ring (bicyclic) bond motifs is 1. The quantitative estimate of drug-likeness (QED) is 0.316. The second kappa shape index (κ2) is 9.18. The highest BCUT2D eigenvalue weighted by Gasteiger charge is 2.33. The molecule has 0 spiro atoms. The van der Waals surface area contributed by atoms with Crippen LogP contribution in [0, 0.1) is 6.92 Å². The molecule has 4 rings (SSSR count). The summed E-state index contributed by atoms with van der Waals surface area (Å²) in [6.45, 7) is 3.65. The Morgan fingerprint density at radius 2 is 1.89 bits per heavy atom. The molecule has 0 fully saturated rings.